The molecule has 2 rings (SSSR count). The van der Waals surface area contributed by atoms with Gasteiger partial charge in [0.15, 0.2) is 5.58 Å². The van der Waals surface area contributed by atoms with Gasteiger partial charge in [-0.3, -0.25) is 4.79 Å². The van der Waals surface area contributed by atoms with E-state index in [-0.39, 0.29) is 5.91 Å². The molecule has 0 aromatic carbocycles. The lowest BCUT2D eigenvalue weighted by Gasteiger charge is -2.11. The van der Waals surface area contributed by atoms with Crippen molar-refractivity contribution in [2.45, 2.75) is 40.2 Å². The standard InChI is InChI=1S/C15H22N2O2/c1-4-5-7-17-12-6-8-19-14(12)9-13(17)15(18)16-10-11(2)3/h6,8-9,11H,4-5,7,10H2,1-3H3,(H,16,18). The summed E-state index contributed by atoms with van der Waals surface area (Å²) >= 11 is 0. The van der Waals surface area contributed by atoms with E-state index in [0.717, 1.165) is 30.5 Å². The van der Waals surface area contributed by atoms with Crippen LogP contribution in [0.4, 0.5) is 0 Å². The molecular weight excluding hydrogens is 240 g/mol. The molecule has 0 unspecified atom stereocenters. The fourth-order valence-corrected chi connectivity index (χ4v) is 2.11. The average molecular weight is 262 g/mol. The van der Waals surface area contributed by atoms with E-state index in [4.69, 9.17) is 4.42 Å². The summed E-state index contributed by atoms with van der Waals surface area (Å²) < 4.78 is 7.45. The van der Waals surface area contributed by atoms with Crippen LogP contribution in [0.25, 0.3) is 11.1 Å². The van der Waals surface area contributed by atoms with E-state index in [0.29, 0.717) is 18.2 Å². The number of furan rings is 1. The van der Waals surface area contributed by atoms with Gasteiger partial charge >= 0.3 is 0 Å². The molecular formula is C15H22N2O2. The van der Waals surface area contributed by atoms with Gasteiger partial charge in [-0.1, -0.05) is 27.2 Å². The molecule has 4 heteroatoms. The maximum absolute atomic E-state index is 12.2. The first-order chi connectivity index (χ1) is 9.13. The van der Waals surface area contributed by atoms with Gasteiger partial charge in [0.05, 0.1) is 11.8 Å². The molecule has 0 atom stereocenters. The SMILES string of the molecule is CCCCn1c(C(=O)NCC(C)C)cc2occc21. The largest absolute Gasteiger partial charge is 0.463 e. The lowest BCUT2D eigenvalue weighted by molar-refractivity contribution is 0.0940. The molecule has 0 aliphatic carbocycles. The summed E-state index contributed by atoms with van der Waals surface area (Å²) in [6.07, 6.45) is 3.83. The van der Waals surface area contributed by atoms with E-state index in [1.54, 1.807) is 6.26 Å². The van der Waals surface area contributed by atoms with Crippen LogP contribution >= 0.6 is 0 Å². The number of hydrogen-bond donors (Lipinski definition) is 1. The van der Waals surface area contributed by atoms with Gasteiger partial charge < -0.3 is 14.3 Å². The molecule has 19 heavy (non-hydrogen) atoms. The molecule has 0 fully saturated rings. The van der Waals surface area contributed by atoms with Gasteiger partial charge in [-0.2, -0.15) is 0 Å². The van der Waals surface area contributed by atoms with Crippen molar-refractivity contribution in [1.29, 1.82) is 0 Å². The minimum atomic E-state index is -0.0174. The first-order valence-corrected chi connectivity index (χ1v) is 6.98. The molecule has 0 radical (unpaired) electrons. The number of carbonyl (C=O) groups is 1. The summed E-state index contributed by atoms with van der Waals surface area (Å²) in [5.74, 6) is 0.433. The van der Waals surface area contributed by atoms with E-state index in [9.17, 15) is 4.79 Å². The van der Waals surface area contributed by atoms with Crippen molar-refractivity contribution < 1.29 is 9.21 Å². The van der Waals surface area contributed by atoms with Gasteiger partial charge in [-0.05, 0) is 12.3 Å². The molecule has 1 amide bonds. The number of hydrogen-bond acceptors (Lipinski definition) is 2. The third kappa shape index (κ3) is 3.00. The van der Waals surface area contributed by atoms with Crippen LogP contribution in [0.2, 0.25) is 0 Å². The highest BCUT2D eigenvalue weighted by atomic mass is 16.3. The molecule has 104 valence electrons. The van der Waals surface area contributed by atoms with Gasteiger partial charge in [0.2, 0.25) is 0 Å². The molecule has 0 aliphatic rings. The summed E-state index contributed by atoms with van der Waals surface area (Å²) in [7, 11) is 0. The van der Waals surface area contributed by atoms with Crippen LogP contribution in [-0.4, -0.2) is 17.0 Å². The van der Waals surface area contributed by atoms with Crippen molar-refractivity contribution in [2.24, 2.45) is 5.92 Å². The van der Waals surface area contributed by atoms with Gasteiger partial charge in [-0.15, -0.1) is 0 Å². The first-order valence-electron chi connectivity index (χ1n) is 6.98. The first kappa shape index (κ1) is 13.7. The van der Waals surface area contributed by atoms with E-state index < -0.39 is 0 Å². The minimum absolute atomic E-state index is 0.0174. The Morgan fingerprint density at radius 1 is 1.47 bits per heavy atom. The number of fused-ring (bicyclic) bond motifs is 1. The second-order valence-corrected chi connectivity index (χ2v) is 5.31. The monoisotopic (exact) mass is 262 g/mol. The van der Waals surface area contributed by atoms with E-state index >= 15 is 0 Å². The summed E-state index contributed by atoms with van der Waals surface area (Å²) in [6.45, 7) is 7.86. The maximum Gasteiger partial charge on any atom is 0.268 e. The molecule has 2 heterocycles. The molecule has 0 spiro atoms. The van der Waals surface area contributed by atoms with Crippen molar-refractivity contribution in [3.05, 3.63) is 24.1 Å². The number of carbonyl (C=O) groups excluding carboxylic acids is 1. The summed E-state index contributed by atoms with van der Waals surface area (Å²) in [5, 5.41) is 2.96. The van der Waals surface area contributed by atoms with Crippen molar-refractivity contribution in [3.8, 4) is 0 Å². The quantitative estimate of drug-likeness (QED) is 0.867. The Morgan fingerprint density at radius 3 is 2.95 bits per heavy atom. The van der Waals surface area contributed by atoms with Crippen LogP contribution in [0.15, 0.2) is 22.8 Å². The average Bonchev–Trinajstić information content (AvgIpc) is 2.94. The second kappa shape index (κ2) is 5.95. The Kier molecular flexibility index (Phi) is 4.30. The zero-order valence-corrected chi connectivity index (χ0v) is 11.9. The van der Waals surface area contributed by atoms with Gasteiger partial charge in [-0.25, -0.2) is 0 Å². The lowest BCUT2D eigenvalue weighted by atomic mass is 10.2. The summed E-state index contributed by atoms with van der Waals surface area (Å²) in [4.78, 5) is 12.2. The van der Waals surface area contributed by atoms with Crippen molar-refractivity contribution in [3.63, 3.8) is 0 Å². The van der Waals surface area contributed by atoms with Crippen molar-refractivity contribution in [1.82, 2.24) is 9.88 Å². The number of rotatable bonds is 6. The third-order valence-electron chi connectivity index (χ3n) is 3.16. The second-order valence-electron chi connectivity index (χ2n) is 5.31. The highest BCUT2D eigenvalue weighted by Crippen LogP contribution is 2.21. The zero-order valence-electron chi connectivity index (χ0n) is 11.9. The van der Waals surface area contributed by atoms with Crippen LogP contribution in [-0.2, 0) is 6.54 Å². The fourth-order valence-electron chi connectivity index (χ4n) is 2.11. The van der Waals surface area contributed by atoms with Gasteiger partial charge in [0, 0.05) is 25.2 Å². The molecule has 2 aromatic rings. The number of nitrogens with one attached hydrogen (secondary N) is 1. The molecule has 0 bridgehead atoms. The maximum atomic E-state index is 12.2. The van der Waals surface area contributed by atoms with Crippen LogP contribution in [0.1, 0.15) is 44.1 Å². The minimum Gasteiger partial charge on any atom is -0.463 e. The predicted molar refractivity (Wildman–Crippen MR) is 76.3 cm³/mol. The van der Waals surface area contributed by atoms with Crippen LogP contribution < -0.4 is 5.32 Å². The molecule has 0 saturated carbocycles. The van der Waals surface area contributed by atoms with Crippen LogP contribution in [0, 0.1) is 5.92 Å². The molecule has 0 aliphatic heterocycles. The number of nitrogens with zero attached hydrogens (tertiary/aromatic N) is 1. The lowest BCUT2D eigenvalue weighted by Crippen LogP contribution is -2.29. The molecule has 2 aromatic heterocycles. The molecule has 4 nitrogen and oxygen atoms in total. The summed E-state index contributed by atoms with van der Waals surface area (Å²) in [6, 6.07) is 3.75. The smallest absolute Gasteiger partial charge is 0.268 e. The van der Waals surface area contributed by atoms with Gasteiger partial charge in [0.1, 0.15) is 5.69 Å². The van der Waals surface area contributed by atoms with Crippen molar-refractivity contribution >= 4 is 17.0 Å². The Morgan fingerprint density at radius 2 is 2.26 bits per heavy atom. The fraction of sp³-hybridized carbons (Fsp3) is 0.533. The van der Waals surface area contributed by atoms with E-state index in [2.05, 4.69) is 30.7 Å². The topological polar surface area (TPSA) is 47.2 Å². The molecule has 1 N–H and O–H groups in total. The van der Waals surface area contributed by atoms with Crippen LogP contribution in [0.3, 0.4) is 0 Å². The number of amides is 1. The Hall–Kier alpha value is -1.71. The predicted octanol–water partition coefficient (Wildman–Crippen LogP) is 3.42. The summed E-state index contributed by atoms with van der Waals surface area (Å²) in [5.41, 5.74) is 2.48. The number of aromatic nitrogens is 1. The molecule has 0 saturated heterocycles. The highest BCUT2D eigenvalue weighted by Gasteiger charge is 2.16. The Labute approximate surface area is 113 Å². The Balaban J connectivity index is 2.24. The normalized spacial score (nSPS) is 11.4. The number of unbranched alkanes of at least 4 members (excludes halogenated alkanes) is 1. The van der Waals surface area contributed by atoms with E-state index in [1.807, 2.05) is 12.1 Å². The van der Waals surface area contributed by atoms with Crippen molar-refractivity contribution in [2.75, 3.05) is 6.54 Å². The highest BCUT2D eigenvalue weighted by molar-refractivity contribution is 5.97. The third-order valence-corrected chi connectivity index (χ3v) is 3.16. The van der Waals surface area contributed by atoms with Crippen LogP contribution in [0.5, 0.6) is 0 Å². The van der Waals surface area contributed by atoms with Gasteiger partial charge in [0.25, 0.3) is 5.91 Å². The Bertz CT molecular complexity index is 551. The number of aryl methyl sites for hydroxylation is 1. The van der Waals surface area contributed by atoms with E-state index in [1.165, 1.54) is 0 Å². The zero-order chi connectivity index (χ0) is 13.8.